The summed E-state index contributed by atoms with van der Waals surface area (Å²) in [6, 6.07) is 5.24. The van der Waals surface area contributed by atoms with E-state index in [9.17, 15) is 19.6 Å². The van der Waals surface area contributed by atoms with Gasteiger partial charge in [-0.1, -0.05) is 41.5 Å². The molecule has 2 aromatic rings. The fraction of sp³-hybridized carbons (Fsp3) is 0.583. The lowest BCUT2D eigenvalue weighted by Crippen LogP contribution is -2.47. The van der Waals surface area contributed by atoms with Crippen LogP contribution in [-0.4, -0.2) is 57.4 Å². The number of fused-ring (bicyclic) bond motifs is 1. The van der Waals surface area contributed by atoms with Crippen LogP contribution < -0.4 is 5.73 Å². The number of hydrogen-bond acceptors (Lipinski definition) is 11. The standard InChI is InChI=1S/C24H31N5O7.BrH/c1-12(2)21(30)33-9-16-18(34-22(31)13(3)4)19(35-23(32)14(5)6)24(10-25,36-16)17-8-7-15-20(26)27-11-28-29(15)17;/h7-8,11-14,16,18-19H,9H2,1-6H3,(H2,26,27,28);1H/t16?,18-,19-,24+;/m1./s1. The van der Waals surface area contributed by atoms with E-state index in [1.165, 1.54) is 10.8 Å². The molecule has 3 heterocycles. The number of carbonyl (C=O) groups is 3. The number of halogens is 1. The molecule has 0 aromatic carbocycles. The van der Waals surface area contributed by atoms with Crippen molar-refractivity contribution in [1.82, 2.24) is 14.6 Å². The van der Waals surface area contributed by atoms with E-state index in [1.54, 1.807) is 53.7 Å². The molecule has 1 aliphatic heterocycles. The summed E-state index contributed by atoms with van der Waals surface area (Å²) in [4.78, 5) is 41.5. The van der Waals surface area contributed by atoms with Crippen molar-refractivity contribution in [3.63, 3.8) is 0 Å². The fourth-order valence-electron chi connectivity index (χ4n) is 3.67. The van der Waals surface area contributed by atoms with Gasteiger partial charge in [0.25, 0.3) is 0 Å². The molecule has 0 aliphatic carbocycles. The molecule has 3 rings (SSSR count). The first-order valence-corrected chi connectivity index (χ1v) is 11.7. The number of ether oxygens (including phenoxy) is 4. The second-order valence-electron chi connectivity index (χ2n) is 9.52. The van der Waals surface area contributed by atoms with Crippen molar-refractivity contribution in [2.45, 2.75) is 65.5 Å². The number of nitrogens with zero attached hydrogens (tertiary/aromatic N) is 4. The minimum atomic E-state index is -1.98. The maximum atomic E-state index is 12.8. The van der Waals surface area contributed by atoms with Crippen molar-refractivity contribution in [3.8, 4) is 6.07 Å². The van der Waals surface area contributed by atoms with Crippen LogP contribution in [0.3, 0.4) is 0 Å². The molecule has 37 heavy (non-hydrogen) atoms. The summed E-state index contributed by atoms with van der Waals surface area (Å²) in [6.45, 7) is 9.52. The fourth-order valence-corrected chi connectivity index (χ4v) is 3.67. The van der Waals surface area contributed by atoms with Crippen LogP contribution >= 0.6 is 17.0 Å². The van der Waals surface area contributed by atoms with Gasteiger partial charge in [-0.05, 0) is 12.1 Å². The van der Waals surface area contributed by atoms with Gasteiger partial charge < -0.3 is 24.7 Å². The number of esters is 3. The van der Waals surface area contributed by atoms with Crippen LogP contribution in [0.2, 0.25) is 0 Å². The number of nitriles is 1. The average molecular weight is 582 g/mol. The van der Waals surface area contributed by atoms with Crippen molar-refractivity contribution in [2.24, 2.45) is 17.8 Å². The van der Waals surface area contributed by atoms with Crippen LogP contribution in [0.1, 0.15) is 47.2 Å². The van der Waals surface area contributed by atoms with Gasteiger partial charge in [0.1, 0.15) is 30.6 Å². The van der Waals surface area contributed by atoms with Crippen LogP contribution in [0.5, 0.6) is 0 Å². The molecule has 0 radical (unpaired) electrons. The van der Waals surface area contributed by atoms with Gasteiger partial charge in [-0.3, -0.25) is 14.4 Å². The molecule has 0 spiro atoms. The zero-order valence-corrected chi connectivity index (χ0v) is 23.2. The maximum absolute atomic E-state index is 12.8. The van der Waals surface area contributed by atoms with Gasteiger partial charge in [0.2, 0.25) is 5.60 Å². The van der Waals surface area contributed by atoms with E-state index >= 15 is 0 Å². The van der Waals surface area contributed by atoms with Gasteiger partial charge in [-0.25, -0.2) is 9.50 Å². The quantitative estimate of drug-likeness (QED) is 0.358. The Hall–Kier alpha value is -3.24. The zero-order chi connectivity index (χ0) is 26.8. The summed E-state index contributed by atoms with van der Waals surface area (Å²) in [5.74, 6) is -3.09. The number of anilines is 1. The number of carbonyl (C=O) groups excluding carboxylic acids is 3. The molecule has 202 valence electrons. The molecule has 0 saturated carbocycles. The van der Waals surface area contributed by atoms with Gasteiger partial charge >= 0.3 is 17.9 Å². The first-order valence-electron chi connectivity index (χ1n) is 11.7. The molecule has 1 unspecified atom stereocenters. The molecule has 0 amide bonds. The smallest absolute Gasteiger partial charge is 0.308 e. The molecule has 13 heteroatoms. The molecule has 1 fully saturated rings. The van der Waals surface area contributed by atoms with Crippen LogP contribution in [0.15, 0.2) is 18.5 Å². The third-order valence-electron chi connectivity index (χ3n) is 5.73. The van der Waals surface area contributed by atoms with Crippen molar-refractivity contribution < 1.29 is 33.3 Å². The first-order chi connectivity index (χ1) is 16.9. The van der Waals surface area contributed by atoms with E-state index in [4.69, 9.17) is 24.7 Å². The minimum Gasteiger partial charge on any atom is -0.463 e. The highest BCUT2D eigenvalue weighted by molar-refractivity contribution is 8.93. The zero-order valence-electron chi connectivity index (χ0n) is 21.5. The lowest BCUT2D eigenvalue weighted by molar-refractivity contribution is -0.174. The normalized spacial score (nSPS) is 23.1. The Kier molecular flexibility index (Phi) is 9.62. The summed E-state index contributed by atoms with van der Waals surface area (Å²) in [5.41, 5.74) is 4.56. The molecule has 1 aliphatic rings. The van der Waals surface area contributed by atoms with Crippen LogP contribution in [-0.2, 0) is 38.9 Å². The Bertz CT molecular complexity index is 1190. The van der Waals surface area contributed by atoms with Gasteiger partial charge in [0, 0.05) is 0 Å². The summed E-state index contributed by atoms with van der Waals surface area (Å²) < 4.78 is 24.4. The Morgan fingerprint density at radius 2 is 1.68 bits per heavy atom. The van der Waals surface area contributed by atoms with Crippen LogP contribution in [0.4, 0.5) is 5.82 Å². The van der Waals surface area contributed by atoms with Crippen molar-refractivity contribution >= 4 is 46.2 Å². The van der Waals surface area contributed by atoms with E-state index in [0.29, 0.717) is 5.52 Å². The van der Waals surface area contributed by atoms with Gasteiger partial charge in [-0.2, -0.15) is 10.4 Å². The maximum Gasteiger partial charge on any atom is 0.308 e. The lowest BCUT2D eigenvalue weighted by atomic mass is 9.91. The number of nitrogens with two attached hydrogens (primary N) is 1. The first kappa shape index (κ1) is 30.0. The van der Waals surface area contributed by atoms with E-state index in [0.717, 1.165) is 0 Å². The van der Waals surface area contributed by atoms with Crippen LogP contribution in [0, 0.1) is 29.1 Å². The highest BCUT2D eigenvalue weighted by Gasteiger charge is 2.63. The molecule has 1 saturated heterocycles. The van der Waals surface area contributed by atoms with E-state index in [2.05, 4.69) is 16.2 Å². The Morgan fingerprint density at radius 1 is 1.08 bits per heavy atom. The van der Waals surface area contributed by atoms with Gasteiger partial charge in [-0.15, -0.1) is 17.0 Å². The van der Waals surface area contributed by atoms with Crippen molar-refractivity contribution in [1.29, 1.82) is 5.26 Å². The lowest BCUT2D eigenvalue weighted by Gasteiger charge is -2.29. The topological polar surface area (TPSA) is 168 Å². The molecule has 2 N–H and O–H groups in total. The third-order valence-corrected chi connectivity index (χ3v) is 5.73. The predicted molar refractivity (Wildman–Crippen MR) is 135 cm³/mol. The Labute approximate surface area is 225 Å². The van der Waals surface area contributed by atoms with E-state index < -0.39 is 59.6 Å². The second kappa shape index (κ2) is 11.9. The Balaban J connectivity index is 0.00000481. The monoisotopic (exact) mass is 581 g/mol. The number of hydrogen-bond donors (Lipinski definition) is 1. The summed E-state index contributed by atoms with van der Waals surface area (Å²) in [7, 11) is 0. The molecule has 2 aromatic heterocycles. The number of aromatic nitrogens is 3. The van der Waals surface area contributed by atoms with Gasteiger partial charge in [0.05, 0.1) is 23.4 Å². The highest BCUT2D eigenvalue weighted by Crippen LogP contribution is 2.44. The Morgan fingerprint density at radius 3 is 2.24 bits per heavy atom. The largest absolute Gasteiger partial charge is 0.463 e. The highest BCUT2D eigenvalue weighted by atomic mass is 79.9. The van der Waals surface area contributed by atoms with Gasteiger partial charge in [0.15, 0.2) is 18.0 Å². The summed E-state index contributed by atoms with van der Waals surface area (Å²) in [5, 5.41) is 14.7. The number of nitrogen functional groups attached to an aromatic ring is 1. The summed E-state index contributed by atoms with van der Waals surface area (Å²) >= 11 is 0. The molecular weight excluding hydrogens is 550 g/mol. The van der Waals surface area contributed by atoms with Crippen LogP contribution in [0.25, 0.3) is 5.52 Å². The van der Waals surface area contributed by atoms with E-state index in [-0.39, 0.29) is 35.1 Å². The second-order valence-corrected chi connectivity index (χ2v) is 9.52. The average Bonchev–Trinajstić information content (AvgIpc) is 3.38. The molecule has 0 bridgehead atoms. The minimum absolute atomic E-state index is 0. The molecule has 12 nitrogen and oxygen atoms in total. The SMILES string of the molecule is Br.CC(C)C(=O)OCC1O[C@@](C#N)(c2ccc3c(N)ncnn23)[C@H](OC(=O)C(C)C)[C@@H]1OC(=O)C(C)C. The van der Waals surface area contributed by atoms with Crippen molar-refractivity contribution in [2.75, 3.05) is 12.3 Å². The summed E-state index contributed by atoms with van der Waals surface area (Å²) in [6.07, 6.45) is -2.58. The van der Waals surface area contributed by atoms with Crippen molar-refractivity contribution in [3.05, 3.63) is 24.2 Å². The molecular formula is C24H32BrN5O7. The molecule has 4 atom stereocenters. The predicted octanol–water partition coefficient (Wildman–Crippen LogP) is 2.34. The third kappa shape index (κ3) is 5.86. The number of rotatable bonds is 8. The van der Waals surface area contributed by atoms with E-state index in [1.807, 2.05) is 0 Å².